The van der Waals surface area contributed by atoms with E-state index in [-0.39, 0.29) is 16.4 Å². The quantitative estimate of drug-likeness (QED) is 0.0654. The predicted molar refractivity (Wildman–Crippen MR) is 173 cm³/mol. The molecule has 1 rings (SSSR count). The Morgan fingerprint density at radius 1 is 0.897 bits per heavy atom. The molecule has 39 heavy (non-hydrogen) atoms. The van der Waals surface area contributed by atoms with Crippen molar-refractivity contribution in [2.24, 2.45) is 0 Å². The molecular weight excluding hydrogens is 521 g/mol. The van der Waals surface area contributed by atoms with Gasteiger partial charge in [-0.15, -0.1) is 0 Å². The van der Waals surface area contributed by atoms with Gasteiger partial charge in [0.15, 0.2) is 5.78 Å². The number of pyridine rings is 1. The summed E-state index contributed by atoms with van der Waals surface area (Å²) in [5.41, 5.74) is 0.676. The average Bonchev–Trinajstić information content (AvgIpc) is 2.93. The largest absolute Gasteiger partial charge is 0.355 e. The highest BCUT2D eigenvalue weighted by Gasteiger charge is 2.21. The van der Waals surface area contributed by atoms with Crippen LogP contribution in [-0.4, -0.2) is 33.7 Å². The molecule has 0 bridgehead atoms. The second-order valence-corrected chi connectivity index (χ2v) is 12.9. The van der Waals surface area contributed by atoms with Crippen molar-refractivity contribution in [1.82, 2.24) is 10.3 Å². The van der Waals surface area contributed by atoms with Crippen molar-refractivity contribution in [1.29, 1.82) is 0 Å². The predicted octanol–water partition coefficient (Wildman–Crippen LogP) is 9.24. The molecule has 0 unspecified atom stereocenters. The number of carbonyl (C=O) groups excluding carboxylic acids is 2. The highest BCUT2D eigenvalue weighted by atomic mass is 33.1. The maximum Gasteiger partial charge on any atom is 0.220 e. The number of Topliss-reactive ketones (excluding diaryl/α,β-unsaturated/α-hetero) is 1. The van der Waals surface area contributed by atoms with Gasteiger partial charge in [0.2, 0.25) is 5.91 Å². The molecule has 0 atom stereocenters. The lowest BCUT2D eigenvalue weighted by molar-refractivity contribution is -0.121. The van der Waals surface area contributed by atoms with Crippen LogP contribution in [-0.2, 0) is 4.79 Å². The van der Waals surface area contributed by atoms with E-state index in [1.54, 1.807) is 40.0 Å². The lowest BCUT2D eigenvalue weighted by atomic mass is 10.0. The number of amides is 1. The average molecular weight is 569 g/mol. The van der Waals surface area contributed by atoms with Crippen LogP contribution in [0.4, 0.5) is 0 Å². The lowest BCUT2D eigenvalue weighted by Gasteiger charge is -2.22. The summed E-state index contributed by atoms with van der Waals surface area (Å²) in [4.78, 5) is 28.4. The summed E-state index contributed by atoms with van der Waals surface area (Å²) < 4.78 is -0.00617. The zero-order valence-corrected chi connectivity index (χ0v) is 25.8. The molecule has 214 valence electrons. The summed E-state index contributed by atoms with van der Waals surface area (Å²) in [6, 6.07) is 3.61. The molecule has 1 aromatic rings. The number of unbranched alkanes of at least 4 members (excludes halogenated alkanes) is 1. The first-order chi connectivity index (χ1) is 18.9. The number of ketones is 1. The highest BCUT2D eigenvalue weighted by molar-refractivity contribution is 8.77. The van der Waals surface area contributed by atoms with Crippen molar-refractivity contribution < 1.29 is 9.59 Å². The number of carbonyl (C=O) groups is 2. The molecular formula is C33H48N2O2S2. The van der Waals surface area contributed by atoms with Crippen molar-refractivity contribution in [2.45, 2.75) is 89.7 Å². The molecule has 1 aromatic heterocycles. The lowest BCUT2D eigenvalue weighted by Crippen LogP contribution is -2.25. The standard InChI is InChI=1S/C33H48N2O2S2/c1-4-5-6-7-8-9-10-11-12-13-14-15-16-17-18-19-20-23-32(37)35-27-28-38-39-33(2,3)25-24-31(36)30-22-21-26-34-29-30/h5-6,8-9,11-12,14-15,17-18,21-22,26,29H,4,7,10,13,16,19-20,23-25,27-28H2,1-3H3,(H,35,37)/b6-5-,9-8-,12-11-,15-14-,18-17-. The van der Waals surface area contributed by atoms with Gasteiger partial charge in [0.05, 0.1) is 0 Å². The third-order valence-corrected chi connectivity index (χ3v) is 9.01. The molecule has 4 nitrogen and oxygen atoms in total. The van der Waals surface area contributed by atoms with E-state index < -0.39 is 0 Å². The van der Waals surface area contributed by atoms with Crippen LogP contribution in [0.1, 0.15) is 95.3 Å². The second kappa shape index (κ2) is 23.6. The number of hydrogen-bond donors (Lipinski definition) is 1. The van der Waals surface area contributed by atoms with E-state index in [2.05, 4.69) is 91.8 Å². The molecule has 0 spiro atoms. The van der Waals surface area contributed by atoms with Crippen molar-refractivity contribution in [3.63, 3.8) is 0 Å². The van der Waals surface area contributed by atoms with Gasteiger partial charge in [0.25, 0.3) is 0 Å². The number of allylic oxidation sites excluding steroid dienone is 10. The van der Waals surface area contributed by atoms with Gasteiger partial charge in [-0.3, -0.25) is 14.6 Å². The summed E-state index contributed by atoms with van der Waals surface area (Å²) >= 11 is 0. The van der Waals surface area contributed by atoms with Gasteiger partial charge in [-0.2, -0.15) is 0 Å². The van der Waals surface area contributed by atoms with Crippen LogP contribution in [0.2, 0.25) is 0 Å². The van der Waals surface area contributed by atoms with Gasteiger partial charge in [-0.1, -0.05) is 89.3 Å². The topological polar surface area (TPSA) is 59.1 Å². The van der Waals surface area contributed by atoms with Crippen molar-refractivity contribution in [2.75, 3.05) is 12.3 Å². The van der Waals surface area contributed by atoms with E-state index in [1.165, 1.54) is 0 Å². The van der Waals surface area contributed by atoms with Crippen molar-refractivity contribution >= 4 is 33.3 Å². The number of nitrogens with zero attached hydrogens (tertiary/aromatic N) is 1. The molecule has 0 fully saturated rings. The number of rotatable bonds is 22. The van der Waals surface area contributed by atoms with Gasteiger partial charge in [-0.25, -0.2) is 0 Å². The van der Waals surface area contributed by atoms with Gasteiger partial charge >= 0.3 is 0 Å². The minimum atomic E-state index is -0.00617. The summed E-state index contributed by atoms with van der Waals surface area (Å²) in [6.07, 6.45) is 34.0. The maximum absolute atomic E-state index is 12.3. The third kappa shape index (κ3) is 21.2. The Labute approximate surface area is 245 Å². The minimum absolute atomic E-state index is 0.00617. The van der Waals surface area contributed by atoms with Crippen molar-refractivity contribution in [3.05, 3.63) is 90.9 Å². The van der Waals surface area contributed by atoms with Crippen LogP contribution in [0.3, 0.4) is 0 Å². The second-order valence-electron chi connectivity index (χ2n) is 9.78. The zero-order chi connectivity index (χ0) is 28.4. The first kappa shape index (κ1) is 34.7. The fourth-order valence-electron chi connectivity index (χ4n) is 3.40. The first-order valence-corrected chi connectivity index (χ1v) is 16.5. The number of nitrogens with one attached hydrogen (secondary N) is 1. The Kier molecular flexibility index (Phi) is 21.0. The normalized spacial score (nSPS) is 12.6. The van der Waals surface area contributed by atoms with Gasteiger partial charge in [0.1, 0.15) is 0 Å². The van der Waals surface area contributed by atoms with Crippen LogP contribution in [0, 0.1) is 0 Å². The molecule has 1 amide bonds. The number of hydrogen-bond acceptors (Lipinski definition) is 5. The Morgan fingerprint density at radius 3 is 2.10 bits per heavy atom. The fourth-order valence-corrected chi connectivity index (χ4v) is 5.88. The molecule has 0 aliphatic rings. The Hall–Kier alpha value is -2.31. The third-order valence-electron chi connectivity index (χ3n) is 5.66. The van der Waals surface area contributed by atoms with Gasteiger partial charge in [0, 0.05) is 47.8 Å². The molecule has 1 N–H and O–H groups in total. The Balaban J connectivity index is 1.99. The zero-order valence-electron chi connectivity index (χ0n) is 24.1. The Morgan fingerprint density at radius 2 is 1.51 bits per heavy atom. The summed E-state index contributed by atoms with van der Waals surface area (Å²) in [5.74, 6) is 1.11. The van der Waals surface area contributed by atoms with E-state index >= 15 is 0 Å². The molecule has 0 aliphatic carbocycles. The summed E-state index contributed by atoms with van der Waals surface area (Å²) in [7, 11) is 3.53. The fraction of sp³-hybridized carbons (Fsp3) is 0.485. The molecule has 0 aromatic carbocycles. The summed E-state index contributed by atoms with van der Waals surface area (Å²) in [6.45, 7) is 7.14. The van der Waals surface area contributed by atoms with Gasteiger partial charge in [-0.05, 0) is 77.3 Å². The highest BCUT2D eigenvalue weighted by Crippen LogP contribution is 2.38. The Bertz CT molecular complexity index is 934. The maximum atomic E-state index is 12.3. The van der Waals surface area contributed by atoms with Crippen LogP contribution in [0.25, 0.3) is 0 Å². The van der Waals surface area contributed by atoms with Gasteiger partial charge < -0.3 is 5.32 Å². The van der Waals surface area contributed by atoms with E-state index in [0.717, 1.165) is 57.1 Å². The van der Waals surface area contributed by atoms with Crippen LogP contribution < -0.4 is 5.32 Å². The monoisotopic (exact) mass is 568 g/mol. The molecule has 0 radical (unpaired) electrons. The van der Waals surface area contributed by atoms with E-state index in [4.69, 9.17) is 0 Å². The SMILES string of the molecule is CC/C=C\C/C=C\C/C=C\C/C=C\C/C=C\CCCC(=O)NCCSSC(C)(C)CCC(=O)c1cccnc1. The van der Waals surface area contributed by atoms with E-state index in [1.807, 2.05) is 6.07 Å². The number of aromatic nitrogens is 1. The smallest absolute Gasteiger partial charge is 0.220 e. The molecule has 0 saturated heterocycles. The van der Waals surface area contributed by atoms with Crippen LogP contribution in [0.5, 0.6) is 0 Å². The molecule has 0 saturated carbocycles. The molecule has 0 aliphatic heterocycles. The van der Waals surface area contributed by atoms with Crippen LogP contribution in [0.15, 0.2) is 85.3 Å². The minimum Gasteiger partial charge on any atom is -0.355 e. The van der Waals surface area contributed by atoms with E-state index in [0.29, 0.717) is 24.9 Å². The molecule has 6 heteroatoms. The molecule has 1 heterocycles. The van der Waals surface area contributed by atoms with Crippen LogP contribution >= 0.6 is 21.6 Å². The summed E-state index contributed by atoms with van der Waals surface area (Å²) in [5, 5.41) is 3.01. The van der Waals surface area contributed by atoms with E-state index in [9.17, 15) is 9.59 Å². The first-order valence-electron chi connectivity index (χ1n) is 14.2. The van der Waals surface area contributed by atoms with Crippen molar-refractivity contribution in [3.8, 4) is 0 Å².